The van der Waals surface area contributed by atoms with Gasteiger partial charge in [-0.2, -0.15) is 0 Å². The minimum atomic E-state index is -1.54. The molecule has 0 spiro atoms. The van der Waals surface area contributed by atoms with Crippen molar-refractivity contribution in [3.8, 4) is 17.1 Å². The van der Waals surface area contributed by atoms with Crippen molar-refractivity contribution in [2.24, 2.45) is 0 Å². The van der Waals surface area contributed by atoms with E-state index >= 15 is 0 Å². The molecule has 2 N–H and O–H groups in total. The van der Waals surface area contributed by atoms with Crippen LogP contribution in [0, 0.1) is 6.92 Å². The van der Waals surface area contributed by atoms with Gasteiger partial charge >= 0.3 is 5.97 Å². The predicted octanol–water partition coefficient (Wildman–Crippen LogP) is 3.89. The zero-order valence-electron chi connectivity index (χ0n) is 16.2. The van der Waals surface area contributed by atoms with Crippen molar-refractivity contribution in [1.82, 2.24) is 9.71 Å². The summed E-state index contributed by atoms with van der Waals surface area (Å²) in [6.45, 7) is 1.95. The molecule has 0 aliphatic heterocycles. The topological polar surface area (TPSA) is 94.5 Å². The molecule has 3 rings (SSSR count). The highest BCUT2D eigenvalue weighted by molar-refractivity contribution is 7.89. The lowest BCUT2D eigenvalue weighted by atomic mass is 10.0. The molecule has 0 saturated carbocycles. The van der Waals surface area contributed by atoms with Gasteiger partial charge < -0.3 is 14.4 Å². The lowest BCUT2D eigenvalue weighted by Crippen LogP contribution is -2.30. The van der Waals surface area contributed by atoms with Crippen LogP contribution in [-0.2, 0) is 16.2 Å². The number of aliphatic carboxylic acids is 1. The van der Waals surface area contributed by atoms with E-state index in [9.17, 15) is 14.5 Å². The summed E-state index contributed by atoms with van der Waals surface area (Å²) < 4.78 is 20.9. The molecule has 0 saturated heterocycles. The average Bonchev–Trinajstić information content (AvgIpc) is 2.73. The molecule has 0 aliphatic rings. The molecular formula is C22H22N2O4S. The molecule has 0 radical (unpaired) electrons. The Morgan fingerprint density at radius 2 is 1.90 bits per heavy atom. The normalized spacial score (nSPS) is 12.9. The first kappa shape index (κ1) is 20.9. The van der Waals surface area contributed by atoms with Crippen LogP contribution in [-0.4, -0.2) is 27.7 Å². The van der Waals surface area contributed by atoms with Gasteiger partial charge in [0.15, 0.2) is 4.90 Å². The van der Waals surface area contributed by atoms with Crippen molar-refractivity contribution in [2.45, 2.75) is 24.3 Å². The van der Waals surface area contributed by atoms with Crippen molar-refractivity contribution >= 4 is 17.3 Å². The molecule has 0 aliphatic carbocycles. The fourth-order valence-electron chi connectivity index (χ4n) is 2.87. The molecule has 2 unspecified atom stereocenters. The van der Waals surface area contributed by atoms with Gasteiger partial charge in [0, 0.05) is 11.6 Å². The second-order valence-electron chi connectivity index (χ2n) is 6.54. The maximum absolute atomic E-state index is 12.7. The number of hydrogen-bond donors (Lipinski definition) is 2. The van der Waals surface area contributed by atoms with Gasteiger partial charge in [-0.3, -0.25) is 4.79 Å². The highest BCUT2D eigenvalue weighted by atomic mass is 32.2. The van der Waals surface area contributed by atoms with Crippen LogP contribution in [0.3, 0.4) is 0 Å². The highest BCUT2D eigenvalue weighted by Crippen LogP contribution is 2.26. The Kier molecular flexibility index (Phi) is 6.87. The first-order valence-electron chi connectivity index (χ1n) is 9.04. The molecule has 150 valence electrons. The lowest BCUT2D eigenvalue weighted by molar-refractivity contribution is -0.137. The summed E-state index contributed by atoms with van der Waals surface area (Å²) in [5, 5.41) is 9.35. The van der Waals surface area contributed by atoms with E-state index in [-0.39, 0.29) is 6.42 Å². The average molecular weight is 410 g/mol. The molecule has 1 aromatic heterocycles. The van der Waals surface area contributed by atoms with E-state index in [4.69, 9.17) is 4.74 Å². The fraction of sp³-hybridized carbons (Fsp3) is 0.182. The van der Waals surface area contributed by atoms with Gasteiger partial charge in [-0.25, -0.2) is 4.98 Å². The van der Waals surface area contributed by atoms with E-state index in [1.54, 1.807) is 25.3 Å². The van der Waals surface area contributed by atoms with Crippen LogP contribution in [0.5, 0.6) is 5.88 Å². The first-order chi connectivity index (χ1) is 14.0. The van der Waals surface area contributed by atoms with Gasteiger partial charge in [-0.1, -0.05) is 42.0 Å². The molecule has 6 nitrogen and oxygen atoms in total. The van der Waals surface area contributed by atoms with Crippen LogP contribution in [0.25, 0.3) is 11.3 Å². The summed E-state index contributed by atoms with van der Waals surface area (Å²) in [5.74, 6) is -0.484. The molecule has 7 heteroatoms. The van der Waals surface area contributed by atoms with Crippen molar-refractivity contribution in [2.75, 3.05) is 7.11 Å². The zero-order chi connectivity index (χ0) is 20.8. The van der Waals surface area contributed by atoms with Crippen molar-refractivity contribution in [1.29, 1.82) is 0 Å². The van der Waals surface area contributed by atoms with E-state index in [2.05, 4.69) is 9.71 Å². The number of carboxylic acids is 1. The Hall–Kier alpha value is -2.87. The molecular weight excluding hydrogens is 388 g/mol. The van der Waals surface area contributed by atoms with Gasteiger partial charge in [-0.05, 0) is 36.8 Å². The van der Waals surface area contributed by atoms with Gasteiger partial charge in [0.05, 0.1) is 36.6 Å². The van der Waals surface area contributed by atoms with Crippen molar-refractivity contribution < 1.29 is 19.2 Å². The minimum absolute atomic E-state index is 0.202. The second kappa shape index (κ2) is 9.56. The van der Waals surface area contributed by atoms with E-state index in [1.807, 2.05) is 55.5 Å². The number of hydrogen-bond acceptors (Lipinski definition) is 5. The lowest BCUT2D eigenvalue weighted by Gasteiger charge is -2.19. The minimum Gasteiger partial charge on any atom is -0.593 e. The molecule has 3 aromatic rings. The quantitative estimate of drug-likeness (QED) is 0.547. The largest absolute Gasteiger partial charge is 0.593 e. The Balaban J connectivity index is 1.88. The van der Waals surface area contributed by atoms with Crippen LogP contribution in [0.15, 0.2) is 71.6 Å². The number of rotatable bonds is 8. The van der Waals surface area contributed by atoms with E-state index in [0.29, 0.717) is 16.5 Å². The Labute approximate surface area is 172 Å². The number of nitrogens with one attached hydrogen (secondary N) is 1. The maximum Gasteiger partial charge on any atom is 0.305 e. The Morgan fingerprint density at radius 3 is 2.59 bits per heavy atom. The summed E-state index contributed by atoms with van der Waals surface area (Å²) in [4.78, 5) is 16.4. The number of methoxy groups -OCH3 is 1. The summed E-state index contributed by atoms with van der Waals surface area (Å²) >= 11 is -1.54. The monoisotopic (exact) mass is 410 g/mol. The van der Waals surface area contributed by atoms with Crippen LogP contribution in [0.2, 0.25) is 0 Å². The number of aromatic nitrogens is 1. The summed E-state index contributed by atoms with van der Waals surface area (Å²) in [7, 11) is 1.55. The fourth-order valence-corrected chi connectivity index (χ4v) is 3.86. The SMILES string of the molecule is COc1cccc(-c2cccc(C(CC(=O)O)N[S+]([O-])c3ccc(C)cc3)c2)n1. The molecule has 1 heterocycles. The third kappa shape index (κ3) is 5.57. The molecule has 29 heavy (non-hydrogen) atoms. The maximum atomic E-state index is 12.7. The van der Waals surface area contributed by atoms with Crippen LogP contribution in [0.1, 0.15) is 23.6 Å². The molecule has 0 amide bonds. The number of aryl methyl sites for hydroxylation is 1. The smallest absolute Gasteiger partial charge is 0.305 e. The number of ether oxygens (including phenoxy) is 1. The van der Waals surface area contributed by atoms with E-state index in [0.717, 1.165) is 16.7 Å². The summed E-state index contributed by atoms with van der Waals surface area (Å²) in [5.41, 5.74) is 3.31. The Morgan fingerprint density at radius 1 is 1.17 bits per heavy atom. The van der Waals surface area contributed by atoms with Crippen molar-refractivity contribution in [3.63, 3.8) is 0 Å². The number of nitrogens with zero attached hydrogens (tertiary/aromatic N) is 1. The third-order valence-electron chi connectivity index (χ3n) is 4.38. The van der Waals surface area contributed by atoms with Gasteiger partial charge in [0.2, 0.25) is 5.88 Å². The molecule has 2 aromatic carbocycles. The number of carbonyl (C=O) groups is 1. The summed E-state index contributed by atoms with van der Waals surface area (Å²) in [6, 6.07) is 19.5. The van der Waals surface area contributed by atoms with E-state index < -0.39 is 23.4 Å². The first-order valence-corrected chi connectivity index (χ1v) is 10.2. The number of benzene rings is 2. The van der Waals surface area contributed by atoms with Crippen LogP contribution >= 0.6 is 0 Å². The summed E-state index contributed by atoms with van der Waals surface area (Å²) in [6.07, 6.45) is -0.202. The zero-order valence-corrected chi connectivity index (χ0v) is 17.0. The second-order valence-corrected chi connectivity index (χ2v) is 7.79. The molecule has 0 fully saturated rings. The van der Waals surface area contributed by atoms with Crippen LogP contribution in [0.4, 0.5) is 0 Å². The standard InChI is InChI=1S/C22H22N2O4S/c1-15-9-11-18(12-10-15)29(27)24-20(14-22(25)26)17-6-3-5-16(13-17)19-7-4-8-21(23-19)28-2/h3-13,20,24H,14H2,1-2H3,(H,25,26). The van der Waals surface area contributed by atoms with E-state index in [1.165, 1.54) is 0 Å². The van der Waals surface area contributed by atoms with Gasteiger partial charge in [0.1, 0.15) is 0 Å². The molecule has 2 atom stereocenters. The Bertz CT molecular complexity index is 979. The number of pyridine rings is 1. The van der Waals surface area contributed by atoms with Crippen molar-refractivity contribution in [3.05, 3.63) is 77.9 Å². The number of carboxylic acid groups (broad SMARTS) is 1. The van der Waals surface area contributed by atoms with Crippen LogP contribution < -0.4 is 9.46 Å². The highest BCUT2D eigenvalue weighted by Gasteiger charge is 2.23. The van der Waals surface area contributed by atoms with Gasteiger partial charge in [0.25, 0.3) is 0 Å². The van der Waals surface area contributed by atoms with Gasteiger partial charge in [-0.15, -0.1) is 4.72 Å². The predicted molar refractivity (Wildman–Crippen MR) is 112 cm³/mol. The third-order valence-corrected chi connectivity index (χ3v) is 5.58. The molecule has 0 bridgehead atoms.